The molecule has 102 valence electrons. The first-order valence-corrected chi connectivity index (χ1v) is 7.36. The van der Waals surface area contributed by atoms with Gasteiger partial charge in [-0.2, -0.15) is 10.2 Å². The quantitative estimate of drug-likeness (QED) is 0.658. The van der Waals surface area contributed by atoms with Gasteiger partial charge in [0.2, 0.25) is 0 Å². The Kier molecular flexibility index (Phi) is 2.96. The fraction of sp³-hybridized carbons (Fsp3) is 0.133. The fourth-order valence-corrected chi connectivity index (χ4v) is 2.78. The van der Waals surface area contributed by atoms with Crippen LogP contribution in [-0.2, 0) is 6.42 Å². The third-order valence-electron chi connectivity index (χ3n) is 3.49. The van der Waals surface area contributed by atoms with Gasteiger partial charge in [0.05, 0.1) is 17.4 Å². The molecule has 0 amide bonds. The zero-order valence-corrected chi connectivity index (χ0v) is 12.5. The summed E-state index contributed by atoms with van der Waals surface area (Å²) in [6.07, 6.45) is 4.27. The number of aromatic nitrogens is 3. The number of nitrogens with zero attached hydrogens (tertiary/aromatic N) is 5. The minimum absolute atomic E-state index is 0.0478. The number of benzene rings is 1. The van der Waals surface area contributed by atoms with Crippen LogP contribution >= 0.6 is 15.9 Å². The summed E-state index contributed by atoms with van der Waals surface area (Å²) in [5.41, 5.74) is 3.83. The first-order valence-electron chi connectivity index (χ1n) is 6.56. The summed E-state index contributed by atoms with van der Waals surface area (Å²) in [5.74, 6) is 0. The smallest absolute Gasteiger partial charge is 0.196 e. The van der Waals surface area contributed by atoms with Crippen molar-refractivity contribution < 1.29 is 0 Å². The molecule has 5 nitrogen and oxygen atoms in total. The van der Waals surface area contributed by atoms with E-state index in [0.717, 1.165) is 28.7 Å². The summed E-state index contributed by atoms with van der Waals surface area (Å²) in [6.45, 7) is 0. The molecule has 0 fully saturated rings. The fourth-order valence-electron chi connectivity index (χ4n) is 2.49. The molecule has 1 atom stereocenters. The summed E-state index contributed by atoms with van der Waals surface area (Å²) in [6, 6.07) is 10.2. The highest BCUT2D eigenvalue weighted by Crippen LogP contribution is 2.36. The first-order chi connectivity index (χ1) is 10.3. The van der Waals surface area contributed by atoms with Gasteiger partial charge in [0.1, 0.15) is 11.7 Å². The number of pyridine rings is 1. The van der Waals surface area contributed by atoms with Gasteiger partial charge in [0.25, 0.3) is 0 Å². The van der Waals surface area contributed by atoms with Gasteiger partial charge in [-0.3, -0.25) is 4.98 Å². The van der Waals surface area contributed by atoms with Crippen LogP contribution in [0.2, 0.25) is 0 Å². The van der Waals surface area contributed by atoms with E-state index in [1.807, 2.05) is 12.1 Å². The van der Waals surface area contributed by atoms with Crippen molar-refractivity contribution in [1.29, 1.82) is 0 Å². The summed E-state index contributed by atoms with van der Waals surface area (Å²) >= 11 is 3.30. The normalized spacial score (nSPS) is 16.3. The number of halogens is 1. The highest BCUT2D eigenvalue weighted by atomic mass is 79.9. The van der Waals surface area contributed by atoms with E-state index in [1.165, 1.54) is 5.56 Å². The maximum Gasteiger partial charge on any atom is 0.196 e. The number of azo groups is 1. The van der Waals surface area contributed by atoms with Crippen LogP contribution in [0.4, 0.5) is 5.69 Å². The maximum atomic E-state index is 4.40. The van der Waals surface area contributed by atoms with Crippen molar-refractivity contribution in [2.24, 2.45) is 10.2 Å². The lowest BCUT2D eigenvalue weighted by atomic mass is 10.0. The predicted octanol–water partition coefficient (Wildman–Crippen LogP) is 4.17. The second-order valence-corrected chi connectivity index (χ2v) is 5.58. The average Bonchev–Trinajstić information content (AvgIpc) is 2.89. The highest BCUT2D eigenvalue weighted by Gasteiger charge is 2.23. The van der Waals surface area contributed by atoms with Gasteiger partial charge >= 0.3 is 0 Å². The minimum Gasteiger partial charge on any atom is -0.256 e. The topological polar surface area (TPSA) is 63.4 Å². The van der Waals surface area contributed by atoms with Crippen LogP contribution in [0.25, 0.3) is 10.9 Å². The second-order valence-electron chi connectivity index (χ2n) is 4.88. The number of hydrogen-bond acceptors (Lipinski definition) is 5. The number of rotatable bonds is 2. The molecule has 0 radical (unpaired) electrons. The number of hydrogen-bond donors (Lipinski definition) is 0. The van der Waals surface area contributed by atoms with Gasteiger partial charge in [0, 0.05) is 18.0 Å². The van der Waals surface area contributed by atoms with Crippen molar-refractivity contribution in [2.75, 3.05) is 0 Å². The molecule has 0 saturated heterocycles. The summed E-state index contributed by atoms with van der Waals surface area (Å²) in [4.78, 5) is 12.8. The Balaban J connectivity index is 1.67. The van der Waals surface area contributed by atoms with Gasteiger partial charge in [-0.15, -0.1) is 0 Å². The largest absolute Gasteiger partial charge is 0.256 e. The molecule has 3 aromatic rings. The Bertz CT molecular complexity index is 862. The molecule has 6 heteroatoms. The van der Waals surface area contributed by atoms with Crippen LogP contribution in [0.3, 0.4) is 0 Å². The van der Waals surface area contributed by atoms with E-state index in [9.17, 15) is 0 Å². The summed E-state index contributed by atoms with van der Waals surface area (Å²) in [7, 11) is 0. The van der Waals surface area contributed by atoms with E-state index >= 15 is 0 Å². The SMILES string of the molecule is Brc1ncc2c(n1)C(Cc1ccc3ncccc3c1)N=N2. The van der Waals surface area contributed by atoms with Crippen LogP contribution in [0.5, 0.6) is 0 Å². The van der Waals surface area contributed by atoms with Crippen LogP contribution in [-0.4, -0.2) is 15.0 Å². The van der Waals surface area contributed by atoms with E-state index in [4.69, 9.17) is 0 Å². The molecule has 1 aliphatic rings. The minimum atomic E-state index is -0.0478. The van der Waals surface area contributed by atoms with Crippen molar-refractivity contribution in [3.8, 4) is 0 Å². The third kappa shape index (κ3) is 2.31. The Hall–Kier alpha value is -2.21. The highest BCUT2D eigenvalue weighted by molar-refractivity contribution is 9.10. The first kappa shape index (κ1) is 12.5. The summed E-state index contributed by atoms with van der Waals surface area (Å²) in [5, 5.41) is 9.59. The van der Waals surface area contributed by atoms with Crippen LogP contribution in [0.1, 0.15) is 17.3 Å². The van der Waals surface area contributed by atoms with Gasteiger partial charge in [-0.25, -0.2) is 9.97 Å². The standard InChI is InChI=1S/C15H10BrN5/c16-15-18-8-13-14(19-15)12(20-21-13)7-9-3-4-11-10(6-9)2-1-5-17-11/h1-6,8,12H,7H2. The molecule has 0 N–H and O–H groups in total. The molecule has 1 aliphatic heterocycles. The number of fused-ring (bicyclic) bond motifs is 2. The molecule has 1 unspecified atom stereocenters. The Morgan fingerprint density at radius 2 is 2.10 bits per heavy atom. The van der Waals surface area contributed by atoms with E-state index in [0.29, 0.717) is 4.73 Å². The lowest BCUT2D eigenvalue weighted by Gasteiger charge is -2.08. The molecule has 21 heavy (non-hydrogen) atoms. The monoisotopic (exact) mass is 339 g/mol. The molecule has 0 saturated carbocycles. The molecule has 1 aromatic carbocycles. The molecule has 0 spiro atoms. The van der Waals surface area contributed by atoms with E-state index in [-0.39, 0.29) is 6.04 Å². The van der Waals surface area contributed by atoms with Gasteiger partial charge < -0.3 is 0 Å². The molecular formula is C15H10BrN5. The van der Waals surface area contributed by atoms with E-state index in [2.05, 4.69) is 59.3 Å². The molecular weight excluding hydrogens is 330 g/mol. The van der Waals surface area contributed by atoms with Crippen molar-refractivity contribution in [1.82, 2.24) is 15.0 Å². The van der Waals surface area contributed by atoms with Crippen LogP contribution in [0.15, 0.2) is 57.7 Å². The van der Waals surface area contributed by atoms with Gasteiger partial charge in [-0.05, 0) is 39.7 Å². The predicted molar refractivity (Wildman–Crippen MR) is 82.4 cm³/mol. The van der Waals surface area contributed by atoms with Crippen molar-refractivity contribution in [3.05, 3.63) is 58.7 Å². The van der Waals surface area contributed by atoms with Crippen LogP contribution in [0, 0.1) is 0 Å². The lowest BCUT2D eigenvalue weighted by Crippen LogP contribution is -2.00. The Morgan fingerprint density at radius 3 is 3.05 bits per heavy atom. The third-order valence-corrected chi connectivity index (χ3v) is 3.87. The second kappa shape index (κ2) is 4.96. The molecule has 4 rings (SSSR count). The zero-order chi connectivity index (χ0) is 14.2. The summed E-state index contributed by atoms with van der Waals surface area (Å²) < 4.78 is 0.571. The Labute approximate surface area is 129 Å². The Morgan fingerprint density at radius 1 is 1.14 bits per heavy atom. The van der Waals surface area contributed by atoms with Crippen molar-refractivity contribution in [2.45, 2.75) is 12.5 Å². The average molecular weight is 340 g/mol. The van der Waals surface area contributed by atoms with Crippen molar-refractivity contribution in [3.63, 3.8) is 0 Å². The maximum absolute atomic E-state index is 4.40. The molecule has 0 aliphatic carbocycles. The van der Waals surface area contributed by atoms with Crippen molar-refractivity contribution >= 4 is 32.5 Å². The lowest BCUT2D eigenvalue weighted by molar-refractivity contribution is 0.696. The molecule has 3 heterocycles. The van der Waals surface area contributed by atoms with Gasteiger partial charge in [-0.1, -0.05) is 12.1 Å². The molecule has 2 aromatic heterocycles. The molecule has 0 bridgehead atoms. The zero-order valence-electron chi connectivity index (χ0n) is 10.9. The van der Waals surface area contributed by atoms with E-state index in [1.54, 1.807) is 12.4 Å². The van der Waals surface area contributed by atoms with E-state index < -0.39 is 0 Å². The van der Waals surface area contributed by atoms with Gasteiger partial charge in [0.15, 0.2) is 4.73 Å². The van der Waals surface area contributed by atoms with Crippen LogP contribution < -0.4 is 0 Å².